The summed E-state index contributed by atoms with van der Waals surface area (Å²) in [4.78, 5) is 30.7. The van der Waals surface area contributed by atoms with Crippen LogP contribution in [0.1, 0.15) is 37.0 Å². The third-order valence-corrected chi connectivity index (χ3v) is 6.18. The maximum atomic E-state index is 13.2. The second kappa shape index (κ2) is 9.25. The van der Waals surface area contributed by atoms with Crippen molar-refractivity contribution in [2.24, 2.45) is 0 Å². The molecule has 2 aliphatic rings. The molecule has 0 saturated carbocycles. The van der Waals surface area contributed by atoms with Crippen LogP contribution in [-0.2, 0) is 14.3 Å². The van der Waals surface area contributed by atoms with Crippen LogP contribution in [-0.4, -0.2) is 66.3 Å². The highest BCUT2D eigenvalue weighted by Gasteiger charge is 2.39. The van der Waals surface area contributed by atoms with Gasteiger partial charge in [0.25, 0.3) is 11.8 Å². The average Bonchev–Trinajstić information content (AvgIpc) is 2.87. The van der Waals surface area contributed by atoms with Gasteiger partial charge in [0, 0.05) is 31.4 Å². The molecule has 5 nitrogen and oxygen atoms in total. The van der Waals surface area contributed by atoms with Crippen LogP contribution in [0.3, 0.4) is 0 Å². The van der Waals surface area contributed by atoms with Crippen molar-refractivity contribution in [3.8, 4) is 0 Å². The SMILES string of the molecule is Cc1ccc(C2=C(SC(C)C)C(=O)N(CCCN3CCOCC3)C2=O)c(C)c1. The molecule has 0 aliphatic carbocycles. The number of hydrogen-bond donors (Lipinski definition) is 0. The molecular weight excluding hydrogens is 372 g/mol. The summed E-state index contributed by atoms with van der Waals surface area (Å²) in [6, 6.07) is 6.05. The van der Waals surface area contributed by atoms with Gasteiger partial charge in [0.15, 0.2) is 0 Å². The fraction of sp³-hybridized carbons (Fsp3) is 0.545. The van der Waals surface area contributed by atoms with Crippen molar-refractivity contribution < 1.29 is 14.3 Å². The third-order valence-electron chi connectivity index (χ3n) is 5.09. The minimum Gasteiger partial charge on any atom is -0.379 e. The zero-order valence-electron chi connectivity index (χ0n) is 17.3. The fourth-order valence-corrected chi connectivity index (χ4v) is 4.71. The Morgan fingerprint density at radius 1 is 1.07 bits per heavy atom. The Morgan fingerprint density at radius 3 is 2.43 bits per heavy atom. The number of carbonyl (C=O) groups is 2. The molecule has 1 saturated heterocycles. The van der Waals surface area contributed by atoms with Crippen LogP contribution in [0.25, 0.3) is 5.57 Å². The molecule has 0 bridgehead atoms. The molecule has 152 valence electrons. The van der Waals surface area contributed by atoms with Crippen molar-refractivity contribution in [1.29, 1.82) is 0 Å². The van der Waals surface area contributed by atoms with Gasteiger partial charge < -0.3 is 4.74 Å². The highest BCUT2D eigenvalue weighted by Crippen LogP contribution is 2.39. The summed E-state index contributed by atoms with van der Waals surface area (Å²) in [6.07, 6.45) is 0.789. The number of hydrogen-bond acceptors (Lipinski definition) is 5. The van der Waals surface area contributed by atoms with E-state index >= 15 is 0 Å². The third kappa shape index (κ3) is 4.67. The van der Waals surface area contributed by atoms with E-state index in [9.17, 15) is 9.59 Å². The second-order valence-electron chi connectivity index (χ2n) is 7.76. The van der Waals surface area contributed by atoms with Crippen molar-refractivity contribution in [1.82, 2.24) is 9.80 Å². The number of nitrogens with zero attached hydrogens (tertiary/aromatic N) is 2. The predicted molar refractivity (Wildman–Crippen MR) is 114 cm³/mol. The van der Waals surface area contributed by atoms with Crippen LogP contribution in [0.2, 0.25) is 0 Å². The molecule has 0 spiro atoms. The Hall–Kier alpha value is -1.63. The molecule has 0 N–H and O–H groups in total. The van der Waals surface area contributed by atoms with Gasteiger partial charge in [-0.05, 0) is 31.4 Å². The van der Waals surface area contributed by atoms with Crippen molar-refractivity contribution >= 4 is 29.1 Å². The summed E-state index contributed by atoms with van der Waals surface area (Å²) in [5.74, 6) is -0.289. The minimum absolute atomic E-state index is 0.138. The number of rotatable bonds is 7. The molecule has 0 aromatic heterocycles. The lowest BCUT2D eigenvalue weighted by atomic mass is 9.99. The number of thioether (sulfide) groups is 1. The molecule has 3 rings (SSSR count). The molecule has 2 amide bonds. The van der Waals surface area contributed by atoms with Crippen LogP contribution in [0, 0.1) is 13.8 Å². The van der Waals surface area contributed by atoms with Crippen LogP contribution in [0.4, 0.5) is 0 Å². The number of imide groups is 1. The number of ether oxygens (including phenoxy) is 1. The monoisotopic (exact) mass is 402 g/mol. The van der Waals surface area contributed by atoms with E-state index in [-0.39, 0.29) is 17.1 Å². The zero-order valence-corrected chi connectivity index (χ0v) is 18.1. The molecule has 28 heavy (non-hydrogen) atoms. The first-order valence-corrected chi connectivity index (χ1v) is 10.9. The van der Waals surface area contributed by atoms with Crippen molar-refractivity contribution in [2.45, 2.75) is 39.4 Å². The predicted octanol–water partition coefficient (Wildman–Crippen LogP) is 3.25. The van der Waals surface area contributed by atoms with Gasteiger partial charge in [-0.1, -0.05) is 37.6 Å². The fourth-order valence-electron chi connectivity index (χ4n) is 3.71. The molecule has 0 radical (unpaired) electrons. The van der Waals surface area contributed by atoms with E-state index in [1.807, 2.05) is 26.0 Å². The highest BCUT2D eigenvalue weighted by molar-refractivity contribution is 8.04. The Kier molecular flexibility index (Phi) is 6.96. The number of benzene rings is 1. The molecule has 1 aromatic carbocycles. The van der Waals surface area contributed by atoms with E-state index in [0.717, 1.165) is 56.0 Å². The lowest BCUT2D eigenvalue weighted by Crippen LogP contribution is -2.39. The van der Waals surface area contributed by atoms with Gasteiger partial charge in [0.2, 0.25) is 0 Å². The van der Waals surface area contributed by atoms with E-state index in [2.05, 4.69) is 24.8 Å². The van der Waals surface area contributed by atoms with Crippen molar-refractivity contribution in [2.75, 3.05) is 39.4 Å². The largest absolute Gasteiger partial charge is 0.379 e. The summed E-state index contributed by atoms with van der Waals surface area (Å²) in [6.45, 7) is 12.8. The second-order valence-corrected chi connectivity index (χ2v) is 9.35. The Balaban J connectivity index is 1.78. The molecule has 2 aliphatic heterocycles. The van der Waals surface area contributed by atoms with Crippen molar-refractivity contribution in [3.63, 3.8) is 0 Å². The van der Waals surface area contributed by atoms with Crippen LogP contribution >= 0.6 is 11.8 Å². The maximum Gasteiger partial charge on any atom is 0.267 e. The first-order valence-electron chi connectivity index (χ1n) is 10.0. The van der Waals surface area contributed by atoms with E-state index in [4.69, 9.17) is 4.74 Å². The van der Waals surface area contributed by atoms with Gasteiger partial charge in [0.1, 0.15) is 0 Å². The van der Waals surface area contributed by atoms with Gasteiger partial charge in [-0.15, -0.1) is 11.8 Å². The zero-order chi connectivity index (χ0) is 20.3. The number of amides is 2. The van der Waals surface area contributed by atoms with Crippen LogP contribution in [0.5, 0.6) is 0 Å². The Morgan fingerprint density at radius 2 is 1.79 bits per heavy atom. The van der Waals surface area contributed by atoms with E-state index in [0.29, 0.717) is 17.0 Å². The quantitative estimate of drug-likeness (QED) is 0.656. The smallest absolute Gasteiger partial charge is 0.267 e. The normalized spacial score (nSPS) is 18.7. The summed E-state index contributed by atoms with van der Waals surface area (Å²) >= 11 is 1.50. The highest BCUT2D eigenvalue weighted by atomic mass is 32.2. The molecular formula is C22H30N2O3S. The number of morpholine rings is 1. The summed E-state index contributed by atoms with van der Waals surface area (Å²) in [5.41, 5.74) is 3.64. The Bertz CT molecular complexity index is 782. The standard InChI is InChI=1S/C22H30N2O3S/c1-15(2)28-20-19(18-7-6-16(3)14-17(18)4)21(25)24(22(20)26)9-5-8-23-10-12-27-13-11-23/h6-7,14-15H,5,8-13H2,1-4H3. The van der Waals surface area contributed by atoms with Gasteiger partial charge in [-0.3, -0.25) is 19.4 Å². The maximum absolute atomic E-state index is 13.2. The Labute approximate surface area is 172 Å². The molecule has 1 fully saturated rings. The van der Waals surface area contributed by atoms with Gasteiger partial charge in [0.05, 0.1) is 23.7 Å². The lowest BCUT2D eigenvalue weighted by molar-refractivity contribution is -0.136. The summed E-state index contributed by atoms with van der Waals surface area (Å²) in [5, 5.41) is 0.237. The van der Waals surface area contributed by atoms with Gasteiger partial charge in [-0.2, -0.15) is 0 Å². The molecule has 2 heterocycles. The lowest BCUT2D eigenvalue weighted by Gasteiger charge is -2.27. The van der Waals surface area contributed by atoms with E-state index in [1.54, 1.807) is 0 Å². The summed E-state index contributed by atoms with van der Waals surface area (Å²) in [7, 11) is 0. The van der Waals surface area contributed by atoms with E-state index < -0.39 is 0 Å². The van der Waals surface area contributed by atoms with Gasteiger partial charge >= 0.3 is 0 Å². The van der Waals surface area contributed by atoms with E-state index in [1.165, 1.54) is 16.7 Å². The first kappa shape index (κ1) is 21.1. The molecule has 1 aromatic rings. The number of carbonyl (C=O) groups excluding carboxylic acids is 2. The average molecular weight is 403 g/mol. The molecule has 0 atom stereocenters. The molecule has 0 unspecified atom stereocenters. The topological polar surface area (TPSA) is 49.9 Å². The minimum atomic E-state index is -0.151. The first-order chi connectivity index (χ1) is 13.4. The van der Waals surface area contributed by atoms with Crippen molar-refractivity contribution in [3.05, 3.63) is 39.8 Å². The number of aryl methyl sites for hydroxylation is 2. The molecule has 6 heteroatoms. The van der Waals surface area contributed by atoms with Crippen LogP contribution in [0.15, 0.2) is 23.1 Å². The van der Waals surface area contributed by atoms with Crippen LogP contribution < -0.4 is 0 Å². The summed E-state index contributed by atoms with van der Waals surface area (Å²) < 4.78 is 5.38. The van der Waals surface area contributed by atoms with Gasteiger partial charge in [-0.25, -0.2) is 0 Å².